The van der Waals surface area contributed by atoms with Crippen LogP contribution in [0.25, 0.3) is 0 Å². The molecule has 1 saturated heterocycles. The van der Waals surface area contributed by atoms with Gasteiger partial charge >= 0.3 is 0 Å². The second-order valence-electron chi connectivity index (χ2n) is 8.88. The summed E-state index contributed by atoms with van der Waals surface area (Å²) in [7, 11) is 2.19. The van der Waals surface area contributed by atoms with Crippen LogP contribution in [0, 0.1) is 6.92 Å². The van der Waals surface area contributed by atoms with Gasteiger partial charge in [-0.05, 0) is 56.3 Å². The van der Waals surface area contributed by atoms with E-state index < -0.39 is 0 Å². The highest BCUT2D eigenvalue weighted by Gasteiger charge is 2.46. The number of nitrogens with one attached hydrogen (secondary N) is 1. The van der Waals surface area contributed by atoms with E-state index in [4.69, 9.17) is 0 Å². The van der Waals surface area contributed by atoms with Crippen molar-refractivity contribution in [2.24, 2.45) is 0 Å². The van der Waals surface area contributed by atoms with Crippen LogP contribution in [0.3, 0.4) is 0 Å². The number of fused-ring (bicyclic) bond motifs is 2. The highest BCUT2D eigenvalue weighted by molar-refractivity contribution is 7.09. The fourth-order valence-electron chi connectivity index (χ4n) is 5.04. The van der Waals surface area contributed by atoms with E-state index in [1.54, 1.807) is 11.3 Å². The van der Waals surface area contributed by atoms with Crippen LogP contribution >= 0.6 is 11.3 Å². The Morgan fingerprint density at radius 2 is 2.03 bits per heavy atom. The number of thiazole rings is 1. The number of benzene rings is 2. The fraction of sp³-hybridized carbons (Fsp3) is 0.360. The quantitative estimate of drug-likeness (QED) is 0.663. The largest absolute Gasteiger partial charge is 0.364 e. The molecule has 31 heavy (non-hydrogen) atoms. The standard InChI is InChI=1S/C25H28N4OS/c1-18-27-21(15-31-18)14-29-17-25(10-11-28(2)16-25)22-12-20(8-9-23(22)29)24(30)26-13-19-6-4-3-5-7-19/h3-9,12,15H,10-11,13-14,16-17H2,1-2H3,(H,26,30). The smallest absolute Gasteiger partial charge is 0.251 e. The minimum absolute atomic E-state index is 0.0123. The van der Waals surface area contributed by atoms with Crippen LogP contribution in [0.2, 0.25) is 0 Å². The Bertz CT molecular complexity index is 1100. The molecule has 0 bridgehead atoms. The van der Waals surface area contributed by atoms with E-state index in [-0.39, 0.29) is 11.3 Å². The third kappa shape index (κ3) is 3.98. The zero-order chi connectivity index (χ0) is 21.4. The summed E-state index contributed by atoms with van der Waals surface area (Å²) in [5.41, 5.74) is 5.63. The van der Waals surface area contributed by atoms with Crippen LogP contribution in [0.15, 0.2) is 53.9 Å². The second-order valence-corrected chi connectivity index (χ2v) is 9.94. The molecule has 0 aliphatic carbocycles. The fourth-order valence-corrected chi connectivity index (χ4v) is 5.64. The number of carbonyl (C=O) groups excluding carboxylic acids is 1. The number of hydrogen-bond acceptors (Lipinski definition) is 5. The van der Waals surface area contributed by atoms with Crippen molar-refractivity contribution in [2.75, 3.05) is 31.6 Å². The van der Waals surface area contributed by atoms with Crippen molar-refractivity contribution in [2.45, 2.75) is 31.8 Å². The Hall–Kier alpha value is -2.70. The topological polar surface area (TPSA) is 48.5 Å². The lowest BCUT2D eigenvalue weighted by molar-refractivity contribution is 0.0951. The normalized spacial score (nSPS) is 20.4. The van der Waals surface area contributed by atoms with Gasteiger partial charge in [0, 0.05) is 41.7 Å². The first-order valence-electron chi connectivity index (χ1n) is 10.8. The summed E-state index contributed by atoms with van der Waals surface area (Å²) in [4.78, 5) is 22.5. The number of aryl methyl sites for hydroxylation is 1. The van der Waals surface area contributed by atoms with Gasteiger partial charge in [0.05, 0.1) is 17.2 Å². The van der Waals surface area contributed by atoms with E-state index in [9.17, 15) is 4.79 Å². The molecule has 0 saturated carbocycles. The first-order chi connectivity index (χ1) is 15.0. The molecule has 2 aromatic carbocycles. The molecule has 1 fully saturated rings. The molecule has 2 aliphatic rings. The van der Waals surface area contributed by atoms with E-state index in [0.29, 0.717) is 6.54 Å². The Balaban J connectivity index is 1.41. The average molecular weight is 433 g/mol. The molecule has 5 nitrogen and oxygen atoms in total. The van der Waals surface area contributed by atoms with Crippen LogP contribution in [0.1, 0.15) is 38.6 Å². The van der Waals surface area contributed by atoms with Gasteiger partial charge in [0.15, 0.2) is 0 Å². The number of carbonyl (C=O) groups is 1. The molecular formula is C25H28N4OS. The first-order valence-corrected chi connectivity index (χ1v) is 11.7. The molecule has 6 heteroatoms. The number of nitrogens with zero attached hydrogens (tertiary/aromatic N) is 3. The number of likely N-dealkylation sites (tertiary alicyclic amines) is 1. The van der Waals surface area contributed by atoms with Gasteiger partial charge in [-0.2, -0.15) is 0 Å². The van der Waals surface area contributed by atoms with Crippen LogP contribution in [-0.2, 0) is 18.5 Å². The summed E-state index contributed by atoms with van der Waals surface area (Å²) in [6.07, 6.45) is 1.12. The summed E-state index contributed by atoms with van der Waals surface area (Å²) in [6, 6.07) is 16.3. The van der Waals surface area contributed by atoms with E-state index in [2.05, 4.69) is 51.6 Å². The van der Waals surface area contributed by atoms with E-state index in [1.807, 2.05) is 36.4 Å². The first kappa shape index (κ1) is 20.2. The maximum absolute atomic E-state index is 12.9. The molecular weight excluding hydrogens is 404 g/mol. The molecule has 1 N–H and O–H groups in total. The van der Waals surface area contributed by atoms with Gasteiger partial charge in [-0.25, -0.2) is 4.98 Å². The van der Waals surface area contributed by atoms with Gasteiger partial charge in [-0.15, -0.1) is 11.3 Å². The lowest BCUT2D eigenvalue weighted by Crippen LogP contribution is -2.35. The van der Waals surface area contributed by atoms with Gasteiger partial charge < -0.3 is 15.1 Å². The molecule has 1 spiro atoms. The molecule has 3 aromatic rings. The molecule has 160 valence electrons. The van der Waals surface area contributed by atoms with Crippen molar-refractivity contribution in [1.82, 2.24) is 15.2 Å². The van der Waals surface area contributed by atoms with Crippen molar-refractivity contribution in [3.8, 4) is 0 Å². The van der Waals surface area contributed by atoms with Gasteiger partial charge in [0.2, 0.25) is 0 Å². The molecule has 0 radical (unpaired) electrons. The molecule has 1 amide bonds. The number of amides is 1. The van der Waals surface area contributed by atoms with Gasteiger partial charge in [0.1, 0.15) is 0 Å². The third-order valence-electron chi connectivity index (χ3n) is 6.52. The molecule has 3 heterocycles. The van der Waals surface area contributed by atoms with Crippen LogP contribution in [0.5, 0.6) is 0 Å². The lowest BCUT2D eigenvalue weighted by atomic mass is 9.81. The Morgan fingerprint density at radius 3 is 2.74 bits per heavy atom. The highest BCUT2D eigenvalue weighted by atomic mass is 32.1. The maximum atomic E-state index is 12.9. The lowest BCUT2D eigenvalue weighted by Gasteiger charge is -2.25. The van der Waals surface area contributed by atoms with E-state index in [1.165, 1.54) is 11.3 Å². The minimum Gasteiger partial charge on any atom is -0.364 e. The average Bonchev–Trinajstić information content (AvgIpc) is 3.45. The molecule has 1 atom stereocenters. The molecule has 1 aromatic heterocycles. The van der Waals surface area contributed by atoms with Crippen molar-refractivity contribution >= 4 is 22.9 Å². The molecule has 1 unspecified atom stereocenters. The SMILES string of the molecule is Cc1nc(CN2CC3(CCN(C)C3)c3cc(C(=O)NCc4ccccc4)ccc32)cs1. The summed E-state index contributed by atoms with van der Waals surface area (Å²) in [6.45, 7) is 6.52. The number of hydrogen-bond donors (Lipinski definition) is 1. The highest BCUT2D eigenvalue weighted by Crippen LogP contribution is 2.47. The second kappa shape index (κ2) is 8.09. The summed E-state index contributed by atoms with van der Waals surface area (Å²) >= 11 is 1.70. The number of likely N-dealkylation sites (N-methyl/N-ethyl adjacent to an activating group) is 1. The molecule has 5 rings (SSSR count). The van der Waals surface area contributed by atoms with Crippen molar-refractivity contribution < 1.29 is 4.79 Å². The van der Waals surface area contributed by atoms with E-state index >= 15 is 0 Å². The Morgan fingerprint density at radius 1 is 1.19 bits per heavy atom. The van der Waals surface area contributed by atoms with Crippen molar-refractivity contribution in [1.29, 1.82) is 0 Å². The number of anilines is 1. The summed E-state index contributed by atoms with van der Waals surface area (Å²) in [5, 5.41) is 6.34. The summed E-state index contributed by atoms with van der Waals surface area (Å²) < 4.78 is 0. The van der Waals surface area contributed by atoms with Gasteiger partial charge in [-0.3, -0.25) is 4.79 Å². The maximum Gasteiger partial charge on any atom is 0.251 e. The van der Waals surface area contributed by atoms with Crippen LogP contribution in [0.4, 0.5) is 5.69 Å². The van der Waals surface area contributed by atoms with Crippen LogP contribution < -0.4 is 10.2 Å². The molecule has 2 aliphatic heterocycles. The van der Waals surface area contributed by atoms with Gasteiger partial charge in [0.25, 0.3) is 5.91 Å². The minimum atomic E-state index is -0.0123. The Labute approximate surface area is 187 Å². The monoisotopic (exact) mass is 432 g/mol. The van der Waals surface area contributed by atoms with Gasteiger partial charge in [-0.1, -0.05) is 30.3 Å². The predicted molar refractivity (Wildman–Crippen MR) is 126 cm³/mol. The number of rotatable bonds is 5. The van der Waals surface area contributed by atoms with Crippen molar-refractivity contribution in [3.05, 3.63) is 81.3 Å². The summed E-state index contributed by atoms with van der Waals surface area (Å²) in [5.74, 6) is -0.0123. The van der Waals surface area contributed by atoms with Crippen molar-refractivity contribution in [3.63, 3.8) is 0 Å². The van der Waals surface area contributed by atoms with Crippen LogP contribution in [-0.4, -0.2) is 42.5 Å². The zero-order valence-electron chi connectivity index (χ0n) is 18.1. The third-order valence-corrected chi connectivity index (χ3v) is 7.35. The Kier molecular flexibility index (Phi) is 5.28. The number of aromatic nitrogens is 1. The zero-order valence-corrected chi connectivity index (χ0v) is 18.9. The van der Waals surface area contributed by atoms with E-state index in [0.717, 1.165) is 54.4 Å². The predicted octanol–water partition coefficient (Wildman–Crippen LogP) is 3.98.